The Labute approximate surface area is 116 Å². The summed E-state index contributed by atoms with van der Waals surface area (Å²) in [6, 6.07) is 7.09. The van der Waals surface area contributed by atoms with Gasteiger partial charge in [-0.15, -0.1) is 0 Å². The number of carboxylic acids is 1. The minimum atomic E-state index is -1.18. The predicted octanol–water partition coefficient (Wildman–Crippen LogP) is 3.01. The zero-order valence-corrected chi connectivity index (χ0v) is 11.1. The number of rotatable bonds is 3. The molecular formula is C12H9BrFN3O2. The maximum Gasteiger partial charge on any atom is 0.354 e. The van der Waals surface area contributed by atoms with Gasteiger partial charge in [-0.05, 0) is 30.3 Å². The molecule has 0 saturated heterocycles. The Bertz CT molecular complexity index is 649. The normalized spacial score (nSPS) is 10.2. The van der Waals surface area contributed by atoms with Crippen LogP contribution in [0.4, 0.5) is 21.6 Å². The number of halogens is 2. The van der Waals surface area contributed by atoms with Gasteiger partial charge in [0.15, 0.2) is 11.5 Å². The van der Waals surface area contributed by atoms with Gasteiger partial charge in [-0.3, -0.25) is 0 Å². The highest BCUT2D eigenvalue weighted by Gasteiger charge is 2.10. The number of benzene rings is 1. The number of hydrogen-bond donors (Lipinski definition) is 3. The molecule has 2 rings (SSSR count). The van der Waals surface area contributed by atoms with E-state index in [1.807, 2.05) is 0 Å². The maximum atomic E-state index is 13.6. The number of aromatic nitrogens is 1. The summed E-state index contributed by atoms with van der Waals surface area (Å²) in [7, 11) is 0. The Morgan fingerprint density at radius 2 is 2.11 bits per heavy atom. The van der Waals surface area contributed by atoms with Crippen molar-refractivity contribution >= 4 is 39.1 Å². The molecule has 7 heteroatoms. The molecule has 5 nitrogen and oxygen atoms in total. The molecule has 0 aliphatic carbocycles. The van der Waals surface area contributed by atoms with Crippen LogP contribution in [0.15, 0.2) is 34.8 Å². The molecule has 1 heterocycles. The molecule has 0 spiro atoms. The van der Waals surface area contributed by atoms with E-state index in [-0.39, 0.29) is 22.9 Å². The summed E-state index contributed by atoms with van der Waals surface area (Å²) in [5, 5.41) is 11.5. The number of pyridine rings is 1. The average molecular weight is 326 g/mol. The molecule has 0 saturated carbocycles. The quantitative estimate of drug-likeness (QED) is 0.807. The van der Waals surface area contributed by atoms with Gasteiger partial charge < -0.3 is 16.2 Å². The lowest BCUT2D eigenvalue weighted by Crippen LogP contribution is -2.06. The second-order valence-electron chi connectivity index (χ2n) is 3.69. The average Bonchev–Trinajstić information content (AvgIpc) is 2.34. The highest BCUT2D eigenvalue weighted by molar-refractivity contribution is 9.10. The summed E-state index contributed by atoms with van der Waals surface area (Å²) >= 11 is 3.14. The minimum absolute atomic E-state index is 0.0983. The number of nitrogens with two attached hydrogens (primary N) is 1. The second kappa shape index (κ2) is 5.23. The van der Waals surface area contributed by atoms with Crippen molar-refractivity contribution in [2.24, 2.45) is 0 Å². The summed E-state index contributed by atoms with van der Waals surface area (Å²) < 4.78 is 14.2. The molecule has 0 radical (unpaired) electrons. The van der Waals surface area contributed by atoms with Crippen LogP contribution in [0.2, 0.25) is 0 Å². The van der Waals surface area contributed by atoms with Crippen LogP contribution < -0.4 is 11.1 Å². The van der Waals surface area contributed by atoms with Crippen molar-refractivity contribution in [2.45, 2.75) is 0 Å². The molecule has 0 amide bonds. The highest BCUT2D eigenvalue weighted by Crippen LogP contribution is 2.25. The van der Waals surface area contributed by atoms with Gasteiger partial charge in [-0.2, -0.15) is 0 Å². The van der Waals surface area contributed by atoms with E-state index in [0.717, 1.165) is 0 Å². The van der Waals surface area contributed by atoms with Crippen molar-refractivity contribution in [3.8, 4) is 0 Å². The molecule has 4 N–H and O–H groups in total. The van der Waals surface area contributed by atoms with Gasteiger partial charge >= 0.3 is 5.97 Å². The van der Waals surface area contributed by atoms with Gasteiger partial charge in [0.25, 0.3) is 0 Å². The molecule has 0 aliphatic rings. The highest BCUT2D eigenvalue weighted by atomic mass is 79.9. The predicted molar refractivity (Wildman–Crippen MR) is 73.0 cm³/mol. The van der Waals surface area contributed by atoms with Crippen molar-refractivity contribution in [2.75, 3.05) is 11.1 Å². The molecule has 0 bridgehead atoms. The first-order valence-corrected chi connectivity index (χ1v) is 5.98. The SMILES string of the molecule is Nc1ccc(C(=O)O)nc1Nc1ccc(Br)cc1F. The first kappa shape index (κ1) is 13.3. The van der Waals surface area contributed by atoms with Crippen molar-refractivity contribution in [1.82, 2.24) is 4.98 Å². The number of carbonyl (C=O) groups is 1. The van der Waals surface area contributed by atoms with E-state index in [1.165, 1.54) is 24.3 Å². The van der Waals surface area contributed by atoms with Gasteiger partial charge in [0.1, 0.15) is 5.82 Å². The van der Waals surface area contributed by atoms with Crippen LogP contribution in [0, 0.1) is 5.82 Å². The smallest absolute Gasteiger partial charge is 0.354 e. The minimum Gasteiger partial charge on any atom is -0.477 e. The third kappa shape index (κ3) is 3.00. The summed E-state index contributed by atoms with van der Waals surface area (Å²) in [5.41, 5.74) is 5.88. The number of anilines is 3. The lowest BCUT2D eigenvalue weighted by atomic mass is 10.2. The number of carboxylic acid groups (broad SMARTS) is 1. The fourth-order valence-electron chi connectivity index (χ4n) is 1.41. The van der Waals surface area contributed by atoms with E-state index in [9.17, 15) is 9.18 Å². The van der Waals surface area contributed by atoms with Crippen molar-refractivity contribution < 1.29 is 14.3 Å². The Kier molecular flexibility index (Phi) is 3.66. The molecule has 0 unspecified atom stereocenters. The van der Waals surface area contributed by atoms with E-state index >= 15 is 0 Å². The van der Waals surface area contributed by atoms with Gasteiger partial charge in [0.05, 0.1) is 11.4 Å². The van der Waals surface area contributed by atoms with Crippen LogP contribution in [-0.4, -0.2) is 16.1 Å². The van der Waals surface area contributed by atoms with Gasteiger partial charge in [0.2, 0.25) is 0 Å². The summed E-state index contributed by atoms with van der Waals surface area (Å²) in [5.74, 6) is -1.59. The van der Waals surface area contributed by atoms with Crippen LogP contribution in [0.1, 0.15) is 10.5 Å². The Morgan fingerprint density at radius 3 is 2.74 bits per heavy atom. The van der Waals surface area contributed by atoms with Crippen LogP contribution in [-0.2, 0) is 0 Å². The lowest BCUT2D eigenvalue weighted by Gasteiger charge is -2.10. The molecule has 2 aromatic rings. The van der Waals surface area contributed by atoms with E-state index in [2.05, 4.69) is 26.2 Å². The maximum absolute atomic E-state index is 13.6. The molecular weight excluding hydrogens is 317 g/mol. The zero-order valence-electron chi connectivity index (χ0n) is 9.52. The van der Waals surface area contributed by atoms with Crippen molar-refractivity contribution in [1.29, 1.82) is 0 Å². The standard InChI is InChI=1S/C12H9BrFN3O2/c13-6-1-3-9(7(14)5-6)16-11-8(15)2-4-10(17-11)12(18)19/h1-5H,15H2,(H,16,17)(H,18,19). The van der Waals surface area contributed by atoms with Gasteiger partial charge in [0, 0.05) is 4.47 Å². The Hall–Kier alpha value is -2.15. The number of nitrogens with zero attached hydrogens (tertiary/aromatic N) is 1. The monoisotopic (exact) mass is 325 g/mol. The molecule has 98 valence electrons. The van der Waals surface area contributed by atoms with Gasteiger partial charge in [-0.25, -0.2) is 14.2 Å². The molecule has 0 aliphatic heterocycles. The number of nitrogen functional groups attached to an aromatic ring is 1. The number of nitrogens with one attached hydrogen (secondary N) is 1. The Balaban J connectivity index is 2.37. The molecule has 0 fully saturated rings. The second-order valence-corrected chi connectivity index (χ2v) is 4.60. The van der Waals surface area contributed by atoms with Crippen molar-refractivity contribution in [3.05, 3.63) is 46.3 Å². The van der Waals surface area contributed by atoms with Crippen LogP contribution in [0.25, 0.3) is 0 Å². The summed E-state index contributed by atoms with van der Waals surface area (Å²) in [6.45, 7) is 0. The van der Waals surface area contributed by atoms with E-state index in [0.29, 0.717) is 4.47 Å². The fourth-order valence-corrected chi connectivity index (χ4v) is 1.74. The Morgan fingerprint density at radius 1 is 1.37 bits per heavy atom. The molecule has 0 atom stereocenters. The summed E-state index contributed by atoms with van der Waals surface area (Å²) in [4.78, 5) is 14.6. The first-order valence-electron chi connectivity index (χ1n) is 5.19. The van der Waals surface area contributed by atoms with Gasteiger partial charge in [-0.1, -0.05) is 15.9 Å². The fraction of sp³-hybridized carbons (Fsp3) is 0. The van der Waals surface area contributed by atoms with E-state index in [4.69, 9.17) is 10.8 Å². The summed E-state index contributed by atoms with van der Waals surface area (Å²) in [6.07, 6.45) is 0. The topological polar surface area (TPSA) is 88.2 Å². The van der Waals surface area contributed by atoms with Crippen LogP contribution in [0.3, 0.4) is 0 Å². The van der Waals surface area contributed by atoms with E-state index < -0.39 is 11.8 Å². The molecule has 1 aromatic carbocycles. The molecule has 19 heavy (non-hydrogen) atoms. The van der Waals surface area contributed by atoms with E-state index in [1.54, 1.807) is 6.07 Å². The number of hydrogen-bond acceptors (Lipinski definition) is 4. The first-order chi connectivity index (χ1) is 8.97. The molecule has 1 aromatic heterocycles. The van der Waals surface area contributed by atoms with Crippen LogP contribution >= 0.6 is 15.9 Å². The zero-order chi connectivity index (χ0) is 14.0. The lowest BCUT2D eigenvalue weighted by molar-refractivity contribution is 0.0690. The largest absolute Gasteiger partial charge is 0.477 e. The van der Waals surface area contributed by atoms with Crippen molar-refractivity contribution in [3.63, 3.8) is 0 Å². The number of aromatic carboxylic acids is 1. The van der Waals surface area contributed by atoms with Crippen LogP contribution in [0.5, 0.6) is 0 Å². The third-order valence-corrected chi connectivity index (χ3v) is 2.82. The third-order valence-electron chi connectivity index (χ3n) is 2.33.